The van der Waals surface area contributed by atoms with E-state index < -0.39 is 0 Å². The van der Waals surface area contributed by atoms with Crippen molar-refractivity contribution >= 4 is 6.08 Å². The first-order valence-corrected chi connectivity index (χ1v) is 5.15. The van der Waals surface area contributed by atoms with Crippen molar-refractivity contribution in [2.75, 3.05) is 0 Å². The van der Waals surface area contributed by atoms with E-state index in [-0.39, 0.29) is 0 Å². The molecular formula is C15H18. The van der Waals surface area contributed by atoms with Gasteiger partial charge in [0.1, 0.15) is 0 Å². The van der Waals surface area contributed by atoms with Crippen LogP contribution >= 0.6 is 0 Å². The summed E-state index contributed by atoms with van der Waals surface area (Å²) in [6, 6.07) is 5.95. The Labute approximate surface area is 93.3 Å². The summed E-state index contributed by atoms with van der Waals surface area (Å²) < 4.78 is 0. The van der Waals surface area contributed by atoms with Crippen molar-refractivity contribution in [2.24, 2.45) is 0 Å². The molecule has 0 N–H and O–H groups in total. The molecule has 1 rings (SSSR count). The maximum Gasteiger partial charge on any atom is 0.0277 e. The Morgan fingerprint density at radius 2 is 2.00 bits per heavy atom. The van der Waals surface area contributed by atoms with Gasteiger partial charge >= 0.3 is 0 Å². The minimum atomic E-state index is 0.950. The molecule has 0 heterocycles. The zero-order valence-electron chi connectivity index (χ0n) is 9.75. The van der Waals surface area contributed by atoms with Crippen LogP contribution in [0.1, 0.15) is 30.5 Å². The van der Waals surface area contributed by atoms with E-state index >= 15 is 0 Å². The minimum absolute atomic E-state index is 0.950. The maximum absolute atomic E-state index is 5.35. The lowest BCUT2D eigenvalue weighted by atomic mass is 10.0. The van der Waals surface area contributed by atoms with E-state index in [1.807, 2.05) is 51.1 Å². The fourth-order valence-corrected chi connectivity index (χ4v) is 1.16. The summed E-state index contributed by atoms with van der Waals surface area (Å²) in [5, 5.41) is 0. The highest BCUT2D eigenvalue weighted by Gasteiger charge is 1.97. The lowest BCUT2D eigenvalue weighted by molar-refractivity contribution is 1.41. The molecule has 15 heavy (non-hydrogen) atoms. The largest absolute Gasteiger partial charge is 0.115 e. The van der Waals surface area contributed by atoms with E-state index in [0.29, 0.717) is 0 Å². The standard InChI is InChI=1S/C13H12.C2H6/c1-4-6-8-13-10-7-9-12(5-2)11(13)3;1-2/h2,4,6-10H,1H2,3H3;1-2H3/b8-6-;. The van der Waals surface area contributed by atoms with Gasteiger partial charge in [-0.1, -0.05) is 56.7 Å². The van der Waals surface area contributed by atoms with E-state index in [9.17, 15) is 0 Å². The van der Waals surface area contributed by atoms with Crippen molar-refractivity contribution in [1.82, 2.24) is 0 Å². The van der Waals surface area contributed by atoms with Crippen molar-refractivity contribution < 1.29 is 0 Å². The Kier molecular flexibility index (Phi) is 6.76. The van der Waals surface area contributed by atoms with Crippen LogP contribution in [0, 0.1) is 19.3 Å². The Morgan fingerprint density at radius 3 is 2.53 bits per heavy atom. The Hall–Kier alpha value is -1.74. The van der Waals surface area contributed by atoms with Crippen LogP contribution in [0.4, 0.5) is 0 Å². The molecule has 0 heteroatoms. The normalized spacial score (nSPS) is 8.93. The van der Waals surface area contributed by atoms with Gasteiger partial charge in [-0.2, -0.15) is 0 Å². The summed E-state index contributed by atoms with van der Waals surface area (Å²) in [5.74, 6) is 2.65. The first kappa shape index (κ1) is 13.3. The van der Waals surface area contributed by atoms with E-state index in [1.54, 1.807) is 6.08 Å². The first-order chi connectivity index (χ1) is 7.29. The Balaban J connectivity index is 0.000000921. The van der Waals surface area contributed by atoms with Gasteiger partial charge in [-0.05, 0) is 24.1 Å². The van der Waals surface area contributed by atoms with Crippen LogP contribution in [0.15, 0.2) is 36.9 Å². The van der Waals surface area contributed by atoms with Gasteiger partial charge in [-0.25, -0.2) is 0 Å². The van der Waals surface area contributed by atoms with Crippen LogP contribution < -0.4 is 0 Å². The fraction of sp³-hybridized carbons (Fsp3) is 0.200. The molecule has 0 aromatic heterocycles. The molecule has 0 fully saturated rings. The molecule has 0 bridgehead atoms. The predicted molar refractivity (Wildman–Crippen MR) is 69.7 cm³/mol. The summed E-state index contributed by atoms with van der Waals surface area (Å²) in [6.45, 7) is 9.65. The monoisotopic (exact) mass is 198 g/mol. The minimum Gasteiger partial charge on any atom is -0.115 e. The Morgan fingerprint density at radius 1 is 1.33 bits per heavy atom. The van der Waals surface area contributed by atoms with Gasteiger partial charge in [-0.15, -0.1) is 6.42 Å². The van der Waals surface area contributed by atoms with E-state index in [4.69, 9.17) is 6.42 Å². The maximum atomic E-state index is 5.35. The molecule has 0 aliphatic heterocycles. The van der Waals surface area contributed by atoms with Gasteiger partial charge in [0.25, 0.3) is 0 Å². The Bertz CT molecular complexity index is 376. The first-order valence-electron chi connectivity index (χ1n) is 5.15. The summed E-state index contributed by atoms with van der Waals surface area (Å²) in [4.78, 5) is 0. The highest BCUT2D eigenvalue weighted by atomic mass is 14.0. The molecular weight excluding hydrogens is 180 g/mol. The van der Waals surface area contributed by atoms with Crippen molar-refractivity contribution in [2.45, 2.75) is 20.8 Å². The molecule has 0 unspecified atom stereocenters. The number of terminal acetylenes is 1. The van der Waals surface area contributed by atoms with Crippen LogP contribution in [-0.4, -0.2) is 0 Å². The second-order valence-corrected chi connectivity index (χ2v) is 2.76. The third-order valence-electron chi connectivity index (χ3n) is 1.94. The van der Waals surface area contributed by atoms with Gasteiger partial charge < -0.3 is 0 Å². The molecule has 0 atom stereocenters. The third kappa shape index (κ3) is 3.87. The molecule has 1 aromatic carbocycles. The van der Waals surface area contributed by atoms with Crippen LogP contribution in [0.3, 0.4) is 0 Å². The van der Waals surface area contributed by atoms with Gasteiger partial charge in [0.15, 0.2) is 0 Å². The van der Waals surface area contributed by atoms with Crippen LogP contribution in [-0.2, 0) is 0 Å². The molecule has 0 radical (unpaired) electrons. The molecule has 0 aliphatic rings. The van der Waals surface area contributed by atoms with Crippen LogP contribution in [0.25, 0.3) is 6.08 Å². The molecule has 0 aliphatic carbocycles. The van der Waals surface area contributed by atoms with Crippen molar-refractivity contribution in [1.29, 1.82) is 0 Å². The van der Waals surface area contributed by atoms with Gasteiger partial charge in [0.05, 0.1) is 0 Å². The molecule has 0 saturated carbocycles. The summed E-state index contributed by atoms with van der Waals surface area (Å²) >= 11 is 0. The summed E-state index contributed by atoms with van der Waals surface area (Å²) in [6.07, 6.45) is 11.0. The average molecular weight is 198 g/mol. The van der Waals surface area contributed by atoms with Crippen molar-refractivity contribution in [3.05, 3.63) is 53.6 Å². The third-order valence-corrected chi connectivity index (χ3v) is 1.94. The number of hydrogen-bond acceptors (Lipinski definition) is 0. The summed E-state index contributed by atoms with van der Waals surface area (Å²) in [7, 11) is 0. The van der Waals surface area contributed by atoms with Crippen molar-refractivity contribution in [3.8, 4) is 12.3 Å². The lowest BCUT2D eigenvalue weighted by Crippen LogP contribution is -1.85. The van der Waals surface area contributed by atoms with Crippen LogP contribution in [0.2, 0.25) is 0 Å². The number of benzene rings is 1. The quantitative estimate of drug-likeness (QED) is 0.493. The zero-order valence-corrected chi connectivity index (χ0v) is 9.75. The van der Waals surface area contributed by atoms with Crippen molar-refractivity contribution in [3.63, 3.8) is 0 Å². The molecule has 0 amide bonds. The second kappa shape index (κ2) is 7.64. The second-order valence-electron chi connectivity index (χ2n) is 2.76. The number of allylic oxidation sites excluding steroid dienone is 2. The van der Waals surface area contributed by atoms with E-state index in [0.717, 1.165) is 16.7 Å². The molecule has 1 aromatic rings. The SMILES string of the molecule is C#Cc1cccc(/C=C\C=C)c1C.CC. The van der Waals surface area contributed by atoms with E-state index in [2.05, 4.69) is 12.5 Å². The van der Waals surface area contributed by atoms with Gasteiger partial charge in [0.2, 0.25) is 0 Å². The van der Waals surface area contributed by atoms with E-state index in [1.165, 1.54) is 0 Å². The molecule has 0 saturated heterocycles. The number of rotatable bonds is 2. The predicted octanol–water partition coefficient (Wildman–Crippen LogP) is 4.20. The van der Waals surface area contributed by atoms with Gasteiger partial charge in [-0.3, -0.25) is 0 Å². The topological polar surface area (TPSA) is 0 Å². The van der Waals surface area contributed by atoms with Gasteiger partial charge in [0, 0.05) is 5.56 Å². The fourth-order valence-electron chi connectivity index (χ4n) is 1.16. The number of hydrogen-bond donors (Lipinski definition) is 0. The smallest absolute Gasteiger partial charge is 0.0277 e. The molecule has 78 valence electrons. The van der Waals surface area contributed by atoms with Crippen LogP contribution in [0.5, 0.6) is 0 Å². The molecule has 0 nitrogen and oxygen atoms in total. The highest BCUT2D eigenvalue weighted by Crippen LogP contribution is 2.14. The highest BCUT2D eigenvalue weighted by molar-refractivity contribution is 5.59. The summed E-state index contributed by atoms with van der Waals surface area (Å²) in [5.41, 5.74) is 3.24. The zero-order chi connectivity index (χ0) is 11.7. The molecule has 0 spiro atoms. The average Bonchev–Trinajstić information content (AvgIpc) is 2.30. The lowest BCUT2D eigenvalue weighted by Gasteiger charge is -2.01.